The number of benzene rings is 2. The molecule has 1 amide bonds. The van der Waals surface area contributed by atoms with Crippen LogP contribution in [0.1, 0.15) is 18.1 Å². The van der Waals surface area contributed by atoms with Crippen molar-refractivity contribution in [3.63, 3.8) is 0 Å². The highest BCUT2D eigenvalue weighted by Crippen LogP contribution is 2.16. The second-order valence-electron chi connectivity index (χ2n) is 7.54. The number of amides is 1. The number of sulfonamides is 1. The van der Waals surface area contributed by atoms with E-state index in [2.05, 4.69) is 12.1 Å². The molecular formula is C22H30N3O3S+. The van der Waals surface area contributed by atoms with Crippen molar-refractivity contribution in [1.29, 1.82) is 0 Å². The molecule has 0 saturated carbocycles. The van der Waals surface area contributed by atoms with E-state index in [1.165, 1.54) is 14.8 Å². The largest absolute Gasteiger partial charge is 0.330 e. The number of nitrogens with one attached hydrogen (secondary N) is 1. The molecule has 1 aliphatic heterocycles. The van der Waals surface area contributed by atoms with Gasteiger partial charge in [0.1, 0.15) is 6.54 Å². The number of quaternary nitrogens is 1. The van der Waals surface area contributed by atoms with E-state index in [-0.39, 0.29) is 23.9 Å². The molecule has 0 aromatic heterocycles. The van der Waals surface area contributed by atoms with Gasteiger partial charge in [-0.3, -0.25) is 4.79 Å². The van der Waals surface area contributed by atoms with Gasteiger partial charge >= 0.3 is 0 Å². The summed E-state index contributed by atoms with van der Waals surface area (Å²) in [5.74, 6) is -0.124. The van der Waals surface area contributed by atoms with Crippen molar-refractivity contribution in [2.45, 2.75) is 25.3 Å². The van der Waals surface area contributed by atoms with Gasteiger partial charge in [-0.2, -0.15) is 4.31 Å². The topological polar surface area (TPSA) is 62.1 Å². The molecule has 2 aromatic carbocycles. The second-order valence-corrected chi connectivity index (χ2v) is 9.48. The predicted octanol–water partition coefficient (Wildman–Crippen LogP) is 0.933. The number of piperazine rings is 1. The molecule has 0 spiro atoms. The first kappa shape index (κ1) is 21.5. The fraction of sp³-hybridized carbons (Fsp3) is 0.409. The van der Waals surface area contributed by atoms with Crippen molar-refractivity contribution in [3.8, 4) is 0 Å². The van der Waals surface area contributed by atoms with Gasteiger partial charge in [0.15, 0.2) is 0 Å². The molecule has 0 radical (unpaired) electrons. The zero-order valence-corrected chi connectivity index (χ0v) is 18.0. The normalized spacial score (nSPS) is 15.6. The van der Waals surface area contributed by atoms with E-state index in [1.54, 1.807) is 36.1 Å². The van der Waals surface area contributed by atoms with Crippen LogP contribution in [0.25, 0.3) is 0 Å². The quantitative estimate of drug-likeness (QED) is 0.731. The summed E-state index contributed by atoms with van der Waals surface area (Å²) in [4.78, 5) is 16.2. The van der Waals surface area contributed by atoms with Crippen LogP contribution in [-0.2, 0) is 21.4 Å². The lowest BCUT2D eigenvalue weighted by molar-refractivity contribution is -0.917. The minimum atomic E-state index is -3.67. The van der Waals surface area contributed by atoms with E-state index in [9.17, 15) is 13.2 Å². The van der Waals surface area contributed by atoms with Crippen molar-refractivity contribution in [2.24, 2.45) is 0 Å². The van der Waals surface area contributed by atoms with Crippen molar-refractivity contribution in [1.82, 2.24) is 9.21 Å². The van der Waals surface area contributed by atoms with E-state index in [4.69, 9.17) is 0 Å². The molecule has 1 fully saturated rings. The van der Waals surface area contributed by atoms with Crippen LogP contribution in [0, 0.1) is 6.92 Å². The van der Waals surface area contributed by atoms with Gasteiger partial charge < -0.3 is 9.80 Å². The lowest BCUT2D eigenvalue weighted by atomic mass is 10.2. The Kier molecular flexibility index (Phi) is 7.05. The predicted molar refractivity (Wildman–Crippen MR) is 113 cm³/mol. The minimum absolute atomic E-state index is 0.110. The summed E-state index contributed by atoms with van der Waals surface area (Å²) in [6.45, 7) is 7.84. The molecule has 0 bridgehead atoms. The van der Waals surface area contributed by atoms with Crippen molar-refractivity contribution in [3.05, 3.63) is 65.7 Å². The number of nitrogens with zero attached hydrogens (tertiary/aromatic N) is 2. The van der Waals surface area contributed by atoms with Gasteiger partial charge in [-0.05, 0) is 19.1 Å². The Bertz CT molecular complexity index is 906. The third kappa shape index (κ3) is 5.44. The number of carbonyl (C=O) groups is 1. The van der Waals surface area contributed by atoms with Crippen LogP contribution < -0.4 is 4.90 Å². The summed E-state index contributed by atoms with van der Waals surface area (Å²) in [7, 11) is -3.67. The standard InChI is InChI=1S/C22H29N3O3S/c1-3-25(29(27,28)21-11-9-19(2)10-12-21)18-22(26)24-15-13-23(14-16-24)17-20-7-5-4-6-8-20/h4-12H,3,13-18H2,1-2H3/p+1. The highest BCUT2D eigenvalue weighted by atomic mass is 32.2. The molecule has 1 heterocycles. The summed E-state index contributed by atoms with van der Waals surface area (Å²) in [5, 5.41) is 0. The van der Waals surface area contributed by atoms with E-state index in [1.807, 2.05) is 25.1 Å². The maximum absolute atomic E-state index is 12.9. The molecule has 156 valence electrons. The second kappa shape index (κ2) is 9.52. The SMILES string of the molecule is CCN(CC(=O)N1CC[NH+](Cc2ccccc2)CC1)S(=O)(=O)c1ccc(C)cc1. The van der Waals surface area contributed by atoms with Gasteiger partial charge in [0.05, 0.1) is 37.6 Å². The molecule has 6 nitrogen and oxygen atoms in total. The molecule has 1 aliphatic rings. The fourth-order valence-electron chi connectivity index (χ4n) is 3.61. The third-order valence-corrected chi connectivity index (χ3v) is 7.38. The van der Waals surface area contributed by atoms with Crippen molar-refractivity contribution < 1.29 is 18.1 Å². The Balaban J connectivity index is 1.57. The molecule has 0 atom stereocenters. The van der Waals surface area contributed by atoms with E-state index >= 15 is 0 Å². The fourth-order valence-corrected chi connectivity index (χ4v) is 5.01. The first-order chi connectivity index (χ1) is 13.9. The summed E-state index contributed by atoms with van der Waals surface area (Å²) < 4.78 is 27.1. The Morgan fingerprint density at radius 3 is 2.24 bits per heavy atom. The van der Waals surface area contributed by atoms with Crippen LogP contribution in [0.2, 0.25) is 0 Å². The molecule has 1 saturated heterocycles. The zero-order valence-electron chi connectivity index (χ0n) is 17.2. The molecule has 7 heteroatoms. The number of likely N-dealkylation sites (N-methyl/N-ethyl adjacent to an activating group) is 1. The smallest absolute Gasteiger partial charge is 0.243 e. The molecule has 29 heavy (non-hydrogen) atoms. The maximum atomic E-state index is 12.9. The van der Waals surface area contributed by atoms with Gasteiger partial charge in [0.2, 0.25) is 15.9 Å². The first-order valence-electron chi connectivity index (χ1n) is 10.1. The van der Waals surface area contributed by atoms with Gasteiger partial charge in [0, 0.05) is 12.1 Å². The summed E-state index contributed by atoms with van der Waals surface area (Å²) in [6, 6.07) is 17.1. The average Bonchev–Trinajstić information content (AvgIpc) is 2.73. The number of aryl methyl sites for hydroxylation is 1. The van der Waals surface area contributed by atoms with Crippen molar-refractivity contribution in [2.75, 3.05) is 39.3 Å². The highest BCUT2D eigenvalue weighted by molar-refractivity contribution is 7.89. The van der Waals surface area contributed by atoms with E-state index in [0.29, 0.717) is 13.1 Å². The Morgan fingerprint density at radius 2 is 1.66 bits per heavy atom. The molecule has 2 aromatic rings. The zero-order chi connectivity index (χ0) is 20.9. The molecule has 0 unspecified atom stereocenters. The highest BCUT2D eigenvalue weighted by Gasteiger charge is 2.29. The monoisotopic (exact) mass is 416 g/mol. The molecular weight excluding hydrogens is 386 g/mol. The Morgan fingerprint density at radius 1 is 1.03 bits per heavy atom. The average molecular weight is 417 g/mol. The summed E-state index contributed by atoms with van der Waals surface area (Å²) >= 11 is 0. The lowest BCUT2D eigenvalue weighted by Gasteiger charge is -2.33. The van der Waals surface area contributed by atoms with Crippen LogP contribution in [0.5, 0.6) is 0 Å². The van der Waals surface area contributed by atoms with Crippen molar-refractivity contribution >= 4 is 15.9 Å². The minimum Gasteiger partial charge on any atom is -0.330 e. The van der Waals surface area contributed by atoms with Crippen LogP contribution >= 0.6 is 0 Å². The molecule has 1 N–H and O–H groups in total. The summed E-state index contributed by atoms with van der Waals surface area (Å²) in [6.07, 6.45) is 0. The van der Waals surface area contributed by atoms with Crippen LogP contribution in [-0.4, -0.2) is 62.8 Å². The number of hydrogen-bond donors (Lipinski definition) is 1. The maximum Gasteiger partial charge on any atom is 0.243 e. The van der Waals surface area contributed by atoms with Gasteiger partial charge in [-0.1, -0.05) is 55.0 Å². The number of carbonyl (C=O) groups excluding carboxylic acids is 1. The van der Waals surface area contributed by atoms with Crippen LogP contribution in [0.4, 0.5) is 0 Å². The molecule has 3 rings (SSSR count). The van der Waals surface area contributed by atoms with Crippen LogP contribution in [0.3, 0.4) is 0 Å². The molecule has 0 aliphatic carbocycles. The van der Waals surface area contributed by atoms with Crippen LogP contribution in [0.15, 0.2) is 59.5 Å². The number of rotatable bonds is 7. The lowest BCUT2D eigenvalue weighted by Crippen LogP contribution is -3.13. The summed E-state index contributed by atoms with van der Waals surface area (Å²) in [5.41, 5.74) is 2.29. The van der Waals surface area contributed by atoms with E-state index < -0.39 is 10.0 Å². The van der Waals surface area contributed by atoms with Gasteiger partial charge in [0.25, 0.3) is 0 Å². The Hall–Kier alpha value is -2.22. The van der Waals surface area contributed by atoms with Gasteiger partial charge in [-0.25, -0.2) is 8.42 Å². The third-order valence-electron chi connectivity index (χ3n) is 5.44. The van der Waals surface area contributed by atoms with Gasteiger partial charge in [-0.15, -0.1) is 0 Å². The first-order valence-corrected chi connectivity index (χ1v) is 11.6. The Labute approximate surface area is 173 Å². The van der Waals surface area contributed by atoms with E-state index in [0.717, 1.165) is 25.2 Å². The number of hydrogen-bond acceptors (Lipinski definition) is 3.